The average Bonchev–Trinajstić information content (AvgIpc) is 2.38. The minimum atomic E-state index is -0.604. The maximum absolute atomic E-state index is 11.7. The zero-order valence-corrected chi connectivity index (χ0v) is 9.67. The lowest BCUT2D eigenvalue weighted by atomic mass is 10.0. The van der Waals surface area contributed by atoms with Crippen LogP contribution < -0.4 is 0 Å². The normalized spacial score (nSPS) is 21.1. The summed E-state index contributed by atoms with van der Waals surface area (Å²) in [6.07, 6.45) is 2.40. The molecule has 0 N–H and O–H groups in total. The van der Waals surface area contributed by atoms with Crippen LogP contribution >= 0.6 is 0 Å². The molecule has 4 nitrogen and oxygen atoms in total. The van der Waals surface area contributed by atoms with Crippen LogP contribution in [0.15, 0.2) is 30.3 Å². The molecule has 1 heterocycles. The predicted molar refractivity (Wildman–Crippen MR) is 61.3 cm³/mol. The molecule has 4 heteroatoms. The van der Waals surface area contributed by atoms with Crippen molar-refractivity contribution in [3.05, 3.63) is 35.9 Å². The molecule has 91 valence electrons. The Balaban J connectivity index is 1.84. The quantitative estimate of drug-likeness (QED) is 0.751. The first kappa shape index (κ1) is 12.1. The maximum atomic E-state index is 11.7. The third-order valence-electron chi connectivity index (χ3n) is 2.95. The highest BCUT2D eigenvalue weighted by molar-refractivity contribution is 5.75. The lowest BCUT2D eigenvalue weighted by Gasteiger charge is -2.26. The summed E-state index contributed by atoms with van der Waals surface area (Å²) in [6, 6.07) is 8.87. The Kier molecular flexibility index (Phi) is 4.12. The molecule has 1 aromatic rings. The fraction of sp³-hybridized carbons (Fsp3) is 0.462. The van der Waals surface area contributed by atoms with Crippen molar-refractivity contribution in [3.8, 4) is 0 Å². The van der Waals surface area contributed by atoms with Crippen LogP contribution in [-0.2, 0) is 21.3 Å². The summed E-state index contributed by atoms with van der Waals surface area (Å²) in [6.45, 7) is 0.676. The molecular weight excluding hydrogens is 218 g/mol. The van der Waals surface area contributed by atoms with Crippen molar-refractivity contribution in [2.24, 2.45) is 0 Å². The molecule has 2 rings (SSSR count). The highest BCUT2D eigenvalue weighted by atomic mass is 16.6. The SMILES string of the molecule is [O]N1CCCCC1C(=O)OCc1ccccc1. The molecule has 0 aliphatic carbocycles. The van der Waals surface area contributed by atoms with Gasteiger partial charge in [-0.05, 0) is 24.8 Å². The van der Waals surface area contributed by atoms with Gasteiger partial charge in [-0.15, -0.1) is 10.3 Å². The molecule has 1 aliphatic heterocycles. The number of nitrogens with zero attached hydrogens (tertiary/aromatic N) is 1. The van der Waals surface area contributed by atoms with E-state index in [-0.39, 0.29) is 6.61 Å². The number of rotatable bonds is 3. The van der Waals surface area contributed by atoms with E-state index in [0.29, 0.717) is 13.0 Å². The van der Waals surface area contributed by atoms with E-state index in [1.54, 1.807) is 0 Å². The standard InChI is InChI=1S/C13H16NO3/c15-13(12-8-4-5-9-14(12)16)17-10-11-6-2-1-3-7-11/h1-3,6-7,12H,4-5,8-10H2. The van der Waals surface area contributed by atoms with E-state index >= 15 is 0 Å². The number of carbonyl (C=O) groups is 1. The van der Waals surface area contributed by atoms with Crippen molar-refractivity contribution in [1.29, 1.82) is 0 Å². The van der Waals surface area contributed by atoms with Crippen LogP contribution in [0.5, 0.6) is 0 Å². The Morgan fingerprint density at radius 3 is 2.76 bits per heavy atom. The number of piperidine rings is 1. The molecule has 1 radical (unpaired) electrons. The van der Waals surface area contributed by atoms with E-state index < -0.39 is 12.0 Å². The Bertz CT molecular complexity index is 366. The van der Waals surface area contributed by atoms with Gasteiger partial charge in [0.05, 0.1) is 0 Å². The van der Waals surface area contributed by atoms with Gasteiger partial charge in [0.15, 0.2) is 0 Å². The first-order valence-corrected chi connectivity index (χ1v) is 5.92. The molecule has 1 saturated heterocycles. The van der Waals surface area contributed by atoms with E-state index in [1.807, 2.05) is 30.3 Å². The summed E-state index contributed by atoms with van der Waals surface area (Å²) in [5.41, 5.74) is 0.939. The second-order valence-electron chi connectivity index (χ2n) is 4.25. The lowest BCUT2D eigenvalue weighted by Crippen LogP contribution is -2.42. The van der Waals surface area contributed by atoms with E-state index in [2.05, 4.69) is 0 Å². The van der Waals surface area contributed by atoms with Crippen LogP contribution in [0.2, 0.25) is 0 Å². The summed E-state index contributed by atoms with van der Waals surface area (Å²) < 4.78 is 5.16. The number of hydrogen-bond acceptors (Lipinski definition) is 3. The molecule has 0 amide bonds. The monoisotopic (exact) mass is 234 g/mol. The lowest BCUT2D eigenvalue weighted by molar-refractivity contribution is -0.212. The number of benzene rings is 1. The molecule has 0 saturated carbocycles. The van der Waals surface area contributed by atoms with Crippen molar-refractivity contribution in [1.82, 2.24) is 5.06 Å². The summed E-state index contributed by atoms with van der Waals surface area (Å²) in [5.74, 6) is -0.399. The van der Waals surface area contributed by atoms with Gasteiger partial charge < -0.3 is 4.74 Å². The molecule has 0 bridgehead atoms. The summed E-state index contributed by atoms with van der Waals surface area (Å²) in [7, 11) is 0. The Hall–Kier alpha value is -1.39. The van der Waals surface area contributed by atoms with Crippen molar-refractivity contribution in [3.63, 3.8) is 0 Å². The van der Waals surface area contributed by atoms with Crippen molar-refractivity contribution in [2.45, 2.75) is 31.9 Å². The number of hydroxylamine groups is 2. The van der Waals surface area contributed by atoms with E-state index in [9.17, 15) is 10.0 Å². The summed E-state index contributed by atoms with van der Waals surface area (Å²) >= 11 is 0. The fourth-order valence-electron chi connectivity index (χ4n) is 1.97. The third-order valence-corrected chi connectivity index (χ3v) is 2.95. The molecule has 1 unspecified atom stereocenters. The summed E-state index contributed by atoms with van der Waals surface area (Å²) in [5, 5.41) is 12.3. The van der Waals surface area contributed by atoms with E-state index in [4.69, 9.17) is 4.74 Å². The molecule has 0 spiro atoms. The van der Waals surface area contributed by atoms with Crippen LogP contribution in [0, 0.1) is 0 Å². The van der Waals surface area contributed by atoms with Crippen molar-refractivity contribution < 1.29 is 14.7 Å². The van der Waals surface area contributed by atoms with Gasteiger partial charge in [0.2, 0.25) is 0 Å². The zero-order chi connectivity index (χ0) is 12.1. The molecule has 1 fully saturated rings. The molecule has 1 aromatic carbocycles. The van der Waals surface area contributed by atoms with Gasteiger partial charge in [-0.3, -0.25) is 4.79 Å². The average molecular weight is 234 g/mol. The second kappa shape index (κ2) is 5.80. The first-order chi connectivity index (χ1) is 8.27. The summed E-state index contributed by atoms with van der Waals surface area (Å²) in [4.78, 5) is 11.7. The molecular formula is C13H16NO3. The maximum Gasteiger partial charge on any atom is 0.326 e. The topological polar surface area (TPSA) is 49.4 Å². The van der Waals surface area contributed by atoms with Crippen LogP contribution in [-0.4, -0.2) is 23.6 Å². The van der Waals surface area contributed by atoms with Gasteiger partial charge in [-0.2, -0.15) is 0 Å². The van der Waals surface area contributed by atoms with Crippen molar-refractivity contribution >= 4 is 5.97 Å². The van der Waals surface area contributed by atoms with Crippen LogP contribution in [0.4, 0.5) is 0 Å². The highest BCUT2D eigenvalue weighted by Crippen LogP contribution is 2.16. The third kappa shape index (κ3) is 3.28. The predicted octanol–water partition coefficient (Wildman–Crippen LogP) is 1.93. The van der Waals surface area contributed by atoms with Gasteiger partial charge in [-0.1, -0.05) is 30.3 Å². The second-order valence-corrected chi connectivity index (χ2v) is 4.25. The molecule has 17 heavy (non-hydrogen) atoms. The smallest absolute Gasteiger partial charge is 0.326 e. The fourth-order valence-corrected chi connectivity index (χ4v) is 1.97. The first-order valence-electron chi connectivity index (χ1n) is 5.92. The zero-order valence-electron chi connectivity index (χ0n) is 9.67. The molecule has 1 aliphatic rings. The van der Waals surface area contributed by atoms with E-state index in [1.165, 1.54) is 0 Å². The van der Waals surface area contributed by atoms with Crippen LogP contribution in [0.1, 0.15) is 24.8 Å². The Labute approximate surface area is 101 Å². The van der Waals surface area contributed by atoms with Gasteiger partial charge in [0.1, 0.15) is 12.6 Å². The largest absolute Gasteiger partial charge is 0.460 e. The number of carbonyl (C=O) groups excluding carboxylic acids is 1. The number of ether oxygens (including phenoxy) is 1. The number of hydrogen-bond donors (Lipinski definition) is 0. The van der Waals surface area contributed by atoms with Gasteiger partial charge in [0.25, 0.3) is 0 Å². The number of esters is 1. The highest BCUT2D eigenvalue weighted by Gasteiger charge is 2.29. The van der Waals surface area contributed by atoms with Gasteiger partial charge in [0, 0.05) is 6.54 Å². The van der Waals surface area contributed by atoms with Crippen LogP contribution in [0.3, 0.4) is 0 Å². The molecule has 0 aromatic heterocycles. The van der Waals surface area contributed by atoms with Gasteiger partial charge >= 0.3 is 5.97 Å². The van der Waals surface area contributed by atoms with E-state index in [0.717, 1.165) is 23.5 Å². The van der Waals surface area contributed by atoms with Crippen molar-refractivity contribution in [2.75, 3.05) is 6.54 Å². The van der Waals surface area contributed by atoms with Gasteiger partial charge in [-0.25, -0.2) is 0 Å². The Morgan fingerprint density at radius 1 is 1.29 bits per heavy atom. The minimum absolute atomic E-state index is 0.240. The van der Waals surface area contributed by atoms with Crippen LogP contribution in [0.25, 0.3) is 0 Å². The molecule has 1 atom stereocenters. The minimum Gasteiger partial charge on any atom is -0.460 e. The Morgan fingerprint density at radius 2 is 2.06 bits per heavy atom.